The number of allylic oxidation sites excluding steroid dienone is 4. The molecule has 0 aromatic heterocycles. The Bertz CT molecular complexity index is 594. The Balaban J connectivity index is 1.97. The van der Waals surface area contributed by atoms with E-state index in [0.717, 1.165) is 0 Å². The molecular formula is C19H22. The molecule has 0 aliphatic heterocycles. The summed E-state index contributed by atoms with van der Waals surface area (Å²) in [5, 5.41) is 0. The fourth-order valence-corrected chi connectivity index (χ4v) is 4.57. The van der Waals surface area contributed by atoms with Gasteiger partial charge in [0.25, 0.3) is 0 Å². The van der Waals surface area contributed by atoms with Gasteiger partial charge in [-0.3, -0.25) is 0 Å². The second-order valence-corrected chi connectivity index (χ2v) is 6.77. The van der Waals surface area contributed by atoms with Crippen LogP contribution in [0.25, 0.3) is 5.57 Å². The van der Waals surface area contributed by atoms with Crippen LogP contribution in [0.15, 0.2) is 35.9 Å². The first-order chi connectivity index (χ1) is 9.21. The minimum atomic E-state index is 0.412. The van der Waals surface area contributed by atoms with Gasteiger partial charge in [0.15, 0.2) is 0 Å². The molecule has 1 spiro atoms. The molecule has 0 amide bonds. The van der Waals surface area contributed by atoms with Crippen LogP contribution >= 0.6 is 0 Å². The van der Waals surface area contributed by atoms with Crippen LogP contribution in [0, 0.1) is 12.8 Å². The third-order valence-electron chi connectivity index (χ3n) is 5.46. The van der Waals surface area contributed by atoms with Crippen LogP contribution in [0.3, 0.4) is 0 Å². The topological polar surface area (TPSA) is 0 Å². The first-order valence-corrected chi connectivity index (χ1v) is 7.74. The monoisotopic (exact) mass is 250 g/mol. The highest BCUT2D eigenvalue weighted by Gasteiger charge is 2.46. The number of aryl methyl sites for hydroxylation is 1. The van der Waals surface area contributed by atoms with Crippen molar-refractivity contribution in [3.05, 3.63) is 52.6 Å². The Labute approximate surface area is 116 Å². The summed E-state index contributed by atoms with van der Waals surface area (Å²) in [6.45, 7) is 4.59. The standard InChI is InChI=1S/C19H22/c1-13-5-7-15-16-8-6-14(2)12-18(16)19(17(15)11-13)9-3-4-10-19/h5-8,11,14H,3-4,9-10,12H2,1-2H3. The summed E-state index contributed by atoms with van der Waals surface area (Å²) in [7, 11) is 0. The molecule has 3 aliphatic carbocycles. The zero-order valence-corrected chi connectivity index (χ0v) is 12.0. The van der Waals surface area contributed by atoms with E-state index in [9.17, 15) is 0 Å². The van der Waals surface area contributed by atoms with E-state index in [2.05, 4.69) is 44.2 Å². The van der Waals surface area contributed by atoms with Crippen LogP contribution in [0.4, 0.5) is 0 Å². The van der Waals surface area contributed by atoms with Crippen LogP contribution in [0.1, 0.15) is 55.7 Å². The number of hydrogen-bond acceptors (Lipinski definition) is 0. The predicted molar refractivity (Wildman–Crippen MR) is 81.2 cm³/mol. The molecule has 0 heterocycles. The van der Waals surface area contributed by atoms with Crippen molar-refractivity contribution in [3.8, 4) is 0 Å². The molecule has 0 N–H and O–H groups in total. The largest absolute Gasteiger partial charge is 0.0808 e. The Morgan fingerprint density at radius 3 is 2.74 bits per heavy atom. The molecule has 98 valence electrons. The van der Waals surface area contributed by atoms with E-state index in [1.165, 1.54) is 43.2 Å². The zero-order valence-electron chi connectivity index (χ0n) is 12.0. The molecule has 0 radical (unpaired) electrons. The van der Waals surface area contributed by atoms with Gasteiger partial charge in [-0.25, -0.2) is 0 Å². The Hall–Kier alpha value is -1.30. The van der Waals surface area contributed by atoms with Crippen LogP contribution < -0.4 is 0 Å². The van der Waals surface area contributed by atoms with E-state index >= 15 is 0 Å². The molecule has 1 unspecified atom stereocenters. The van der Waals surface area contributed by atoms with Crippen molar-refractivity contribution in [3.63, 3.8) is 0 Å². The molecule has 1 aromatic carbocycles. The average molecular weight is 250 g/mol. The maximum atomic E-state index is 2.47. The number of hydrogen-bond donors (Lipinski definition) is 0. The van der Waals surface area contributed by atoms with Crippen molar-refractivity contribution in [2.45, 2.75) is 51.4 Å². The molecule has 0 heteroatoms. The maximum Gasteiger partial charge on any atom is 0.0177 e. The fraction of sp³-hybridized carbons (Fsp3) is 0.474. The smallest absolute Gasteiger partial charge is 0.0177 e. The summed E-state index contributed by atoms with van der Waals surface area (Å²) < 4.78 is 0. The van der Waals surface area contributed by atoms with Crippen molar-refractivity contribution < 1.29 is 0 Å². The first kappa shape index (κ1) is 11.5. The van der Waals surface area contributed by atoms with Gasteiger partial charge in [0, 0.05) is 5.41 Å². The predicted octanol–water partition coefficient (Wildman–Crippen LogP) is 5.17. The lowest BCUT2D eigenvalue weighted by molar-refractivity contribution is 0.492. The summed E-state index contributed by atoms with van der Waals surface area (Å²) in [5.74, 6) is 0.714. The highest BCUT2D eigenvalue weighted by molar-refractivity contribution is 5.87. The van der Waals surface area contributed by atoms with Gasteiger partial charge in [0.1, 0.15) is 0 Å². The highest BCUT2D eigenvalue weighted by Crippen LogP contribution is 2.58. The van der Waals surface area contributed by atoms with Crippen molar-refractivity contribution in [2.75, 3.05) is 0 Å². The van der Waals surface area contributed by atoms with Gasteiger partial charge in [0.05, 0.1) is 0 Å². The van der Waals surface area contributed by atoms with E-state index in [1.54, 1.807) is 16.7 Å². The normalized spacial score (nSPS) is 26.9. The Morgan fingerprint density at radius 2 is 1.95 bits per heavy atom. The Morgan fingerprint density at radius 1 is 1.16 bits per heavy atom. The van der Waals surface area contributed by atoms with Gasteiger partial charge in [0.2, 0.25) is 0 Å². The van der Waals surface area contributed by atoms with E-state index in [1.807, 2.05) is 0 Å². The summed E-state index contributed by atoms with van der Waals surface area (Å²) in [6, 6.07) is 7.12. The number of fused-ring (bicyclic) bond motifs is 4. The maximum absolute atomic E-state index is 2.47. The quantitative estimate of drug-likeness (QED) is 0.596. The summed E-state index contributed by atoms with van der Waals surface area (Å²) in [5.41, 5.74) is 8.34. The van der Waals surface area contributed by atoms with Gasteiger partial charge in [-0.1, -0.05) is 61.3 Å². The van der Waals surface area contributed by atoms with Crippen molar-refractivity contribution >= 4 is 5.57 Å². The summed E-state index contributed by atoms with van der Waals surface area (Å²) in [6.07, 6.45) is 11.6. The van der Waals surface area contributed by atoms with Crippen molar-refractivity contribution in [1.82, 2.24) is 0 Å². The highest BCUT2D eigenvalue weighted by atomic mass is 14.5. The number of benzene rings is 1. The molecule has 1 aromatic rings. The minimum absolute atomic E-state index is 0.412. The van der Waals surface area contributed by atoms with Gasteiger partial charge in [-0.05, 0) is 48.8 Å². The van der Waals surface area contributed by atoms with Gasteiger partial charge < -0.3 is 0 Å². The second kappa shape index (κ2) is 3.85. The SMILES string of the molecule is Cc1ccc2c(c1)C1(CCCC1)C1=C2C=CC(C)C1. The van der Waals surface area contributed by atoms with Gasteiger partial charge in [-0.2, -0.15) is 0 Å². The molecule has 0 bridgehead atoms. The molecule has 1 fully saturated rings. The molecular weight excluding hydrogens is 228 g/mol. The zero-order chi connectivity index (χ0) is 13.0. The summed E-state index contributed by atoms with van der Waals surface area (Å²) in [4.78, 5) is 0. The van der Waals surface area contributed by atoms with Crippen LogP contribution in [-0.4, -0.2) is 0 Å². The van der Waals surface area contributed by atoms with Crippen LogP contribution in [-0.2, 0) is 5.41 Å². The van der Waals surface area contributed by atoms with Crippen molar-refractivity contribution in [2.24, 2.45) is 5.92 Å². The third-order valence-corrected chi connectivity index (χ3v) is 5.46. The molecule has 3 aliphatic rings. The lowest BCUT2D eigenvalue weighted by atomic mass is 9.72. The fourth-order valence-electron chi connectivity index (χ4n) is 4.57. The summed E-state index contributed by atoms with van der Waals surface area (Å²) >= 11 is 0. The molecule has 1 atom stereocenters. The van der Waals surface area contributed by atoms with Crippen LogP contribution in [0.2, 0.25) is 0 Å². The molecule has 0 nitrogen and oxygen atoms in total. The molecule has 0 saturated heterocycles. The lowest BCUT2D eigenvalue weighted by Gasteiger charge is -2.31. The number of rotatable bonds is 0. The Kier molecular flexibility index (Phi) is 2.33. The molecule has 1 saturated carbocycles. The van der Waals surface area contributed by atoms with E-state index in [0.29, 0.717) is 11.3 Å². The van der Waals surface area contributed by atoms with Gasteiger partial charge in [-0.15, -0.1) is 0 Å². The molecule has 19 heavy (non-hydrogen) atoms. The molecule has 4 rings (SSSR count). The van der Waals surface area contributed by atoms with E-state index in [-0.39, 0.29) is 0 Å². The first-order valence-electron chi connectivity index (χ1n) is 7.74. The average Bonchev–Trinajstić information content (AvgIpc) is 2.97. The van der Waals surface area contributed by atoms with E-state index in [4.69, 9.17) is 0 Å². The van der Waals surface area contributed by atoms with Gasteiger partial charge >= 0.3 is 0 Å². The van der Waals surface area contributed by atoms with Crippen LogP contribution in [0.5, 0.6) is 0 Å². The second-order valence-electron chi connectivity index (χ2n) is 6.77. The van der Waals surface area contributed by atoms with E-state index < -0.39 is 0 Å². The minimum Gasteiger partial charge on any atom is -0.0808 e. The lowest BCUT2D eigenvalue weighted by Crippen LogP contribution is -2.24. The van der Waals surface area contributed by atoms with Crippen molar-refractivity contribution in [1.29, 1.82) is 0 Å². The third kappa shape index (κ3) is 1.46.